The summed E-state index contributed by atoms with van der Waals surface area (Å²) in [6, 6.07) is 3.66. The molecule has 2 atom stereocenters. The molecule has 4 amide bonds. The molecule has 1 aliphatic carbocycles. The van der Waals surface area contributed by atoms with Gasteiger partial charge in [-0.3, -0.25) is 14.5 Å². The number of nitrogens with one attached hydrogen (secondary N) is 2. The van der Waals surface area contributed by atoms with Crippen molar-refractivity contribution < 1.29 is 18.8 Å². The predicted molar refractivity (Wildman–Crippen MR) is 93.3 cm³/mol. The van der Waals surface area contributed by atoms with Crippen LogP contribution in [0.4, 0.5) is 14.9 Å². The zero-order chi connectivity index (χ0) is 18.2. The topological polar surface area (TPSA) is 78.5 Å². The molecule has 0 unspecified atom stereocenters. The van der Waals surface area contributed by atoms with E-state index in [2.05, 4.69) is 26.6 Å². The van der Waals surface area contributed by atoms with Crippen molar-refractivity contribution in [3.05, 3.63) is 28.5 Å². The zero-order valence-electron chi connectivity index (χ0n) is 13.8. The smallest absolute Gasteiger partial charge is 0.323 e. The molecule has 1 heterocycles. The van der Waals surface area contributed by atoms with E-state index in [9.17, 15) is 18.8 Å². The Morgan fingerprint density at radius 3 is 2.88 bits per heavy atom. The quantitative estimate of drug-likeness (QED) is 0.750. The van der Waals surface area contributed by atoms with Gasteiger partial charge in [0.2, 0.25) is 5.91 Å². The fourth-order valence-electron chi connectivity index (χ4n) is 3.56. The van der Waals surface area contributed by atoms with Crippen molar-refractivity contribution in [1.82, 2.24) is 10.2 Å². The highest BCUT2D eigenvalue weighted by atomic mass is 79.9. The third-order valence-corrected chi connectivity index (χ3v) is 5.50. The second kappa shape index (κ2) is 6.74. The van der Waals surface area contributed by atoms with Gasteiger partial charge in [-0.15, -0.1) is 0 Å². The van der Waals surface area contributed by atoms with Gasteiger partial charge >= 0.3 is 6.03 Å². The maximum Gasteiger partial charge on any atom is 0.325 e. The largest absolute Gasteiger partial charge is 0.325 e. The lowest BCUT2D eigenvalue weighted by Crippen LogP contribution is -2.54. The van der Waals surface area contributed by atoms with Crippen LogP contribution >= 0.6 is 15.9 Å². The van der Waals surface area contributed by atoms with Gasteiger partial charge in [-0.05, 0) is 37.0 Å². The molecule has 2 aliphatic rings. The van der Waals surface area contributed by atoms with Crippen LogP contribution in [0.25, 0.3) is 0 Å². The molecule has 3 rings (SSSR count). The summed E-state index contributed by atoms with van der Waals surface area (Å²) < 4.78 is 14.4. The van der Waals surface area contributed by atoms with Crippen LogP contribution in [0.1, 0.15) is 32.6 Å². The summed E-state index contributed by atoms with van der Waals surface area (Å²) in [5.74, 6) is -1.56. The molecule has 1 saturated heterocycles. The van der Waals surface area contributed by atoms with Gasteiger partial charge in [0.15, 0.2) is 0 Å². The van der Waals surface area contributed by atoms with Crippen molar-refractivity contribution >= 4 is 39.5 Å². The number of halogens is 2. The molecule has 25 heavy (non-hydrogen) atoms. The van der Waals surface area contributed by atoms with E-state index in [1.165, 1.54) is 12.1 Å². The van der Waals surface area contributed by atoms with Gasteiger partial charge in [0.1, 0.15) is 17.9 Å². The molecule has 2 N–H and O–H groups in total. The van der Waals surface area contributed by atoms with Crippen LogP contribution in [0.3, 0.4) is 0 Å². The lowest BCUT2D eigenvalue weighted by atomic mass is 9.73. The number of hydrogen-bond acceptors (Lipinski definition) is 3. The maximum atomic E-state index is 13.8. The Labute approximate surface area is 153 Å². The molecule has 0 bridgehead atoms. The van der Waals surface area contributed by atoms with Gasteiger partial charge in [-0.1, -0.05) is 35.7 Å². The molecule has 1 aliphatic heterocycles. The van der Waals surface area contributed by atoms with Gasteiger partial charge in [0.05, 0.1) is 5.69 Å². The number of nitrogens with zero attached hydrogens (tertiary/aromatic N) is 1. The van der Waals surface area contributed by atoms with Crippen LogP contribution in [0.15, 0.2) is 22.7 Å². The molecule has 1 aromatic rings. The molecule has 0 aromatic heterocycles. The molecule has 1 spiro atoms. The first kappa shape index (κ1) is 17.8. The third kappa shape index (κ3) is 3.27. The van der Waals surface area contributed by atoms with Crippen LogP contribution in [0.2, 0.25) is 0 Å². The van der Waals surface area contributed by atoms with Gasteiger partial charge in [0.25, 0.3) is 5.91 Å². The SMILES string of the molecule is C[C@@H]1CCCC[C@@]12NC(=O)N(CC(=O)Nc1ccc(Br)cc1F)C2=O. The van der Waals surface area contributed by atoms with Crippen molar-refractivity contribution in [3.8, 4) is 0 Å². The van der Waals surface area contributed by atoms with Crippen molar-refractivity contribution in [2.24, 2.45) is 5.92 Å². The Bertz CT molecular complexity index is 742. The fraction of sp³-hybridized carbons (Fsp3) is 0.471. The highest BCUT2D eigenvalue weighted by Gasteiger charge is 2.55. The molecule has 1 aromatic carbocycles. The summed E-state index contributed by atoms with van der Waals surface area (Å²) in [4.78, 5) is 38.1. The van der Waals surface area contributed by atoms with E-state index >= 15 is 0 Å². The number of benzene rings is 1. The van der Waals surface area contributed by atoms with E-state index in [1.54, 1.807) is 6.07 Å². The number of imide groups is 1. The molecule has 0 radical (unpaired) electrons. The number of anilines is 1. The van der Waals surface area contributed by atoms with Crippen LogP contribution < -0.4 is 10.6 Å². The fourth-order valence-corrected chi connectivity index (χ4v) is 3.90. The average molecular weight is 412 g/mol. The molecule has 2 fully saturated rings. The van der Waals surface area contributed by atoms with E-state index in [4.69, 9.17) is 0 Å². The normalized spacial score (nSPS) is 26.0. The lowest BCUT2D eigenvalue weighted by molar-refractivity contribution is -0.136. The number of rotatable bonds is 3. The second-order valence-corrected chi connectivity index (χ2v) is 7.53. The van der Waals surface area contributed by atoms with Gasteiger partial charge in [-0.25, -0.2) is 9.18 Å². The standard InChI is InChI=1S/C17H19BrFN3O3/c1-10-4-2-3-7-17(10)15(24)22(16(25)21-17)9-14(23)20-13-6-5-11(18)8-12(13)19/h5-6,8,10H,2-4,7,9H2,1H3,(H,20,23)(H,21,25)/t10-,17-/m1/s1. The Morgan fingerprint density at radius 2 is 2.20 bits per heavy atom. The number of amides is 4. The highest BCUT2D eigenvalue weighted by Crippen LogP contribution is 2.38. The van der Waals surface area contributed by atoms with Crippen LogP contribution in [-0.4, -0.2) is 34.8 Å². The summed E-state index contributed by atoms with van der Waals surface area (Å²) in [7, 11) is 0. The summed E-state index contributed by atoms with van der Waals surface area (Å²) in [6.07, 6.45) is 3.32. The van der Waals surface area contributed by atoms with Gasteiger partial charge in [-0.2, -0.15) is 0 Å². The molecule has 1 saturated carbocycles. The lowest BCUT2D eigenvalue weighted by Gasteiger charge is -2.36. The van der Waals surface area contributed by atoms with Crippen LogP contribution in [-0.2, 0) is 9.59 Å². The Hall–Kier alpha value is -1.96. The summed E-state index contributed by atoms with van der Waals surface area (Å²) in [6.45, 7) is 1.51. The van der Waals surface area contributed by atoms with Crippen molar-refractivity contribution in [2.75, 3.05) is 11.9 Å². The van der Waals surface area contributed by atoms with Gasteiger partial charge < -0.3 is 10.6 Å². The van der Waals surface area contributed by atoms with E-state index < -0.39 is 29.8 Å². The molecule has 8 heteroatoms. The highest BCUT2D eigenvalue weighted by molar-refractivity contribution is 9.10. The Morgan fingerprint density at radius 1 is 1.44 bits per heavy atom. The number of carbonyl (C=O) groups excluding carboxylic acids is 3. The van der Waals surface area contributed by atoms with Crippen molar-refractivity contribution in [1.29, 1.82) is 0 Å². The molecule has 6 nitrogen and oxygen atoms in total. The van der Waals surface area contributed by atoms with Gasteiger partial charge in [0, 0.05) is 4.47 Å². The summed E-state index contributed by atoms with van der Waals surface area (Å²) in [5.41, 5.74) is -0.903. The Kier molecular flexibility index (Phi) is 4.81. The maximum absolute atomic E-state index is 13.8. The number of carbonyl (C=O) groups is 3. The predicted octanol–water partition coefficient (Wildman–Crippen LogP) is 3.03. The number of urea groups is 1. The van der Waals surface area contributed by atoms with Crippen molar-refractivity contribution in [3.63, 3.8) is 0 Å². The summed E-state index contributed by atoms with van der Waals surface area (Å²) in [5, 5.41) is 5.18. The van der Waals surface area contributed by atoms with Crippen molar-refractivity contribution in [2.45, 2.75) is 38.1 Å². The van der Waals surface area contributed by atoms with Crippen LogP contribution in [0, 0.1) is 11.7 Å². The second-order valence-electron chi connectivity index (χ2n) is 6.61. The first-order chi connectivity index (χ1) is 11.8. The van der Waals surface area contributed by atoms with E-state index in [0.717, 1.165) is 24.2 Å². The van der Waals surface area contributed by atoms with E-state index in [-0.39, 0.29) is 17.5 Å². The first-order valence-electron chi connectivity index (χ1n) is 8.22. The minimum atomic E-state index is -0.904. The third-order valence-electron chi connectivity index (χ3n) is 5.01. The minimum Gasteiger partial charge on any atom is -0.323 e. The molecular weight excluding hydrogens is 393 g/mol. The minimum absolute atomic E-state index is 0.000928. The zero-order valence-corrected chi connectivity index (χ0v) is 15.4. The van der Waals surface area contributed by atoms with Crippen LogP contribution in [0.5, 0.6) is 0 Å². The Balaban J connectivity index is 1.71. The van der Waals surface area contributed by atoms with E-state index in [0.29, 0.717) is 10.9 Å². The first-order valence-corrected chi connectivity index (χ1v) is 9.02. The monoisotopic (exact) mass is 411 g/mol. The molecule has 134 valence electrons. The summed E-state index contributed by atoms with van der Waals surface area (Å²) >= 11 is 3.14. The number of hydrogen-bond donors (Lipinski definition) is 2. The van der Waals surface area contributed by atoms with E-state index in [1.807, 2.05) is 6.92 Å². The average Bonchev–Trinajstić information content (AvgIpc) is 2.78. The molecular formula is C17H19BrFN3O3.